The number of hydrogen-bond acceptors (Lipinski definition) is 3. The smallest absolute Gasteiger partial charge is 0.258 e. The molecule has 0 aliphatic carbocycles. The van der Waals surface area contributed by atoms with E-state index < -0.39 is 11.9 Å². The Morgan fingerprint density at radius 2 is 2.17 bits per heavy atom. The highest BCUT2D eigenvalue weighted by Gasteiger charge is 2.33. The van der Waals surface area contributed by atoms with Gasteiger partial charge in [0.2, 0.25) is 5.91 Å². The number of phenols is 1. The number of nitrogens with two attached hydrogens (primary N) is 1. The lowest BCUT2D eigenvalue weighted by Crippen LogP contribution is -2.43. The first-order valence-corrected chi connectivity index (χ1v) is 6.39. The summed E-state index contributed by atoms with van der Waals surface area (Å²) >= 11 is 3.20. The summed E-state index contributed by atoms with van der Waals surface area (Å²) in [6.45, 7) is 0.488. The lowest BCUT2D eigenvalue weighted by Gasteiger charge is -2.22. The van der Waals surface area contributed by atoms with E-state index in [1.807, 2.05) is 0 Å². The van der Waals surface area contributed by atoms with Gasteiger partial charge in [0.25, 0.3) is 5.91 Å². The molecule has 2 rings (SSSR count). The fourth-order valence-corrected chi connectivity index (χ4v) is 2.49. The topological polar surface area (TPSA) is 83.6 Å². The molecule has 6 heteroatoms. The van der Waals surface area contributed by atoms with Gasteiger partial charge in [-0.25, -0.2) is 0 Å². The lowest BCUT2D eigenvalue weighted by molar-refractivity contribution is -0.121. The summed E-state index contributed by atoms with van der Waals surface area (Å²) in [7, 11) is 0. The second kappa shape index (κ2) is 4.97. The molecule has 1 fully saturated rings. The Morgan fingerprint density at radius 3 is 2.78 bits per heavy atom. The zero-order valence-corrected chi connectivity index (χ0v) is 11.2. The summed E-state index contributed by atoms with van der Waals surface area (Å²) in [5.74, 6) is -0.969. The Balaban J connectivity index is 2.28. The Morgan fingerprint density at radius 1 is 1.44 bits per heavy atom. The molecule has 0 saturated carbocycles. The second-order valence-electron chi connectivity index (χ2n) is 4.22. The normalized spacial score (nSPS) is 18.9. The zero-order chi connectivity index (χ0) is 13.3. The number of primary amides is 1. The number of phenolic OH excluding ortho intramolecular Hbond substituents is 1. The second-order valence-corrected chi connectivity index (χ2v) is 5.14. The fourth-order valence-electron chi connectivity index (χ4n) is 2.15. The molecule has 0 bridgehead atoms. The first-order chi connectivity index (χ1) is 8.50. The number of aromatic hydroxyl groups is 1. The van der Waals surface area contributed by atoms with Crippen molar-refractivity contribution in [1.29, 1.82) is 0 Å². The van der Waals surface area contributed by atoms with Crippen molar-refractivity contribution >= 4 is 27.7 Å². The molecule has 5 nitrogen and oxygen atoms in total. The first kappa shape index (κ1) is 12.9. The fraction of sp³-hybridized carbons (Fsp3) is 0.333. The van der Waals surface area contributed by atoms with Crippen LogP contribution in [0.25, 0.3) is 0 Å². The van der Waals surface area contributed by atoms with Crippen LogP contribution in [0.2, 0.25) is 0 Å². The number of benzene rings is 1. The van der Waals surface area contributed by atoms with E-state index in [1.54, 1.807) is 6.07 Å². The number of carbonyl (C=O) groups excluding carboxylic acids is 2. The van der Waals surface area contributed by atoms with E-state index in [2.05, 4.69) is 15.9 Å². The number of likely N-dealkylation sites (tertiary alicyclic amines) is 1. The molecule has 2 amide bonds. The van der Waals surface area contributed by atoms with Gasteiger partial charge in [0.15, 0.2) is 0 Å². The van der Waals surface area contributed by atoms with Crippen LogP contribution in [0.5, 0.6) is 5.75 Å². The lowest BCUT2D eigenvalue weighted by atomic mass is 10.1. The Bertz CT molecular complexity index is 504. The minimum atomic E-state index is -0.569. The average molecular weight is 313 g/mol. The number of halogens is 1. The first-order valence-electron chi connectivity index (χ1n) is 5.59. The van der Waals surface area contributed by atoms with Crippen LogP contribution in [0.3, 0.4) is 0 Å². The van der Waals surface area contributed by atoms with Gasteiger partial charge >= 0.3 is 0 Å². The van der Waals surface area contributed by atoms with E-state index in [9.17, 15) is 14.7 Å². The summed E-state index contributed by atoms with van der Waals surface area (Å²) in [5.41, 5.74) is 5.45. The SMILES string of the molecule is NC(=O)C1CCCN1C(=O)c1ccc(Br)cc1O. The van der Waals surface area contributed by atoms with Crippen LogP contribution in [0, 0.1) is 0 Å². The van der Waals surface area contributed by atoms with Gasteiger partial charge in [-0.05, 0) is 31.0 Å². The molecule has 1 atom stereocenters. The third kappa shape index (κ3) is 2.33. The standard InChI is InChI=1S/C12H13BrN2O3/c13-7-3-4-8(10(16)6-7)12(18)15-5-1-2-9(15)11(14)17/h3-4,6,9,16H,1-2,5H2,(H2,14,17). The van der Waals surface area contributed by atoms with Gasteiger partial charge in [0.05, 0.1) is 5.56 Å². The van der Waals surface area contributed by atoms with Gasteiger partial charge in [0, 0.05) is 11.0 Å². The van der Waals surface area contributed by atoms with Crippen LogP contribution in [0.1, 0.15) is 23.2 Å². The predicted molar refractivity (Wildman–Crippen MR) is 69.1 cm³/mol. The largest absolute Gasteiger partial charge is 0.507 e. The molecule has 0 radical (unpaired) electrons. The van der Waals surface area contributed by atoms with Crippen molar-refractivity contribution < 1.29 is 14.7 Å². The van der Waals surface area contributed by atoms with Gasteiger partial charge in [-0.15, -0.1) is 0 Å². The predicted octanol–water partition coefficient (Wildman–Crippen LogP) is 1.24. The maximum Gasteiger partial charge on any atom is 0.258 e. The minimum Gasteiger partial charge on any atom is -0.507 e. The highest BCUT2D eigenvalue weighted by atomic mass is 79.9. The van der Waals surface area contributed by atoms with Crippen molar-refractivity contribution in [3.05, 3.63) is 28.2 Å². The van der Waals surface area contributed by atoms with Crippen LogP contribution < -0.4 is 5.73 Å². The number of rotatable bonds is 2. The van der Waals surface area contributed by atoms with E-state index in [1.165, 1.54) is 17.0 Å². The molecular formula is C12H13BrN2O3. The molecule has 1 aromatic rings. The Kier molecular flexibility index (Phi) is 3.56. The third-order valence-electron chi connectivity index (χ3n) is 3.03. The van der Waals surface area contributed by atoms with Gasteiger partial charge in [-0.1, -0.05) is 15.9 Å². The van der Waals surface area contributed by atoms with Crippen molar-refractivity contribution in [2.24, 2.45) is 5.73 Å². The highest BCUT2D eigenvalue weighted by Crippen LogP contribution is 2.26. The van der Waals surface area contributed by atoms with E-state index in [0.717, 1.165) is 6.42 Å². The van der Waals surface area contributed by atoms with E-state index in [-0.39, 0.29) is 17.2 Å². The number of amides is 2. The van der Waals surface area contributed by atoms with Crippen molar-refractivity contribution in [3.8, 4) is 5.75 Å². The number of carbonyl (C=O) groups is 2. The minimum absolute atomic E-state index is 0.107. The van der Waals surface area contributed by atoms with Crippen LogP contribution in [0.15, 0.2) is 22.7 Å². The van der Waals surface area contributed by atoms with Crippen molar-refractivity contribution in [3.63, 3.8) is 0 Å². The van der Waals surface area contributed by atoms with Gasteiger partial charge < -0.3 is 15.7 Å². The maximum absolute atomic E-state index is 12.2. The molecule has 1 aromatic carbocycles. The summed E-state index contributed by atoms with van der Waals surface area (Å²) in [6, 6.07) is 4.07. The zero-order valence-electron chi connectivity index (χ0n) is 9.60. The van der Waals surface area contributed by atoms with E-state index >= 15 is 0 Å². The molecule has 96 valence electrons. The molecule has 1 saturated heterocycles. The quantitative estimate of drug-likeness (QED) is 0.862. The molecule has 3 N–H and O–H groups in total. The van der Waals surface area contributed by atoms with E-state index in [0.29, 0.717) is 17.4 Å². The van der Waals surface area contributed by atoms with Crippen LogP contribution >= 0.6 is 15.9 Å². The van der Waals surface area contributed by atoms with Gasteiger partial charge in [-0.3, -0.25) is 9.59 Å². The Labute approximate surface area is 113 Å². The van der Waals surface area contributed by atoms with Crippen molar-refractivity contribution in [2.75, 3.05) is 6.54 Å². The average Bonchev–Trinajstić information content (AvgIpc) is 2.77. The third-order valence-corrected chi connectivity index (χ3v) is 3.53. The summed E-state index contributed by atoms with van der Waals surface area (Å²) in [6.07, 6.45) is 1.33. The molecule has 1 heterocycles. The molecular weight excluding hydrogens is 300 g/mol. The molecule has 1 aliphatic heterocycles. The number of nitrogens with zero attached hydrogens (tertiary/aromatic N) is 1. The van der Waals surface area contributed by atoms with Crippen LogP contribution in [-0.4, -0.2) is 34.4 Å². The van der Waals surface area contributed by atoms with Crippen molar-refractivity contribution in [2.45, 2.75) is 18.9 Å². The number of hydrogen-bond donors (Lipinski definition) is 2. The molecule has 0 spiro atoms. The van der Waals surface area contributed by atoms with Crippen LogP contribution in [-0.2, 0) is 4.79 Å². The molecule has 1 aliphatic rings. The molecule has 1 unspecified atom stereocenters. The summed E-state index contributed by atoms with van der Waals surface area (Å²) < 4.78 is 0.685. The summed E-state index contributed by atoms with van der Waals surface area (Å²) in [5, 5.41) is 9.75. The monoisotopic (exact) mass is 312 g/mol. The van der Waals surface area contributed by atoms with Crippen LogP contribution in [0.4, 0.5) is 0 Å². The van der Waals surface area contributed by atoms with Gasteiger partial charge in [-0.2, -0.15) is 0 Å². The van der Waals surface area contributed by atoms with E-state index in [4.69, 9.17) is 5.73 Å². The molecule has 18 heavy (non-hydrogen) atoms. The maximum atomic E-state index is 12.2. The summed E-state index contributed by atoms with van der Waals surface area (Å²) in [4.78, 5) is 24.9. The Hall–Kier alpha value is -1.56. The van der Waals surface area contributed by atoms with Crippen molar-refractivity contribution in [1.82, 2.24) is 4.90 Å². The molecule has 0 aromatic heterocycles. The van der Waals surface area contributed by atoms with Gasteiger partial charge in [0.1, 0.15) is 11.8 Å². The highest BCUT2D eigenvalue weighted by molar-refractivity contribution is 9.10.